The molecule has 1 fully saturated rings. The normalized spacial score (nSPS) is 21.7. The quantitative estimate of drug-likeness (QED) is 0.825. The number of thioether (sulfide) groups is 1. The Morgan fingerprint density at radius 3 is 2.89 bits per heavy atom. The molecular weight excluding hydrogens is 252 g/mol. The standard InChI is InChI=1S/C16H26N2S/c1-14(19-2)12-17-16-9-11-18(13-16)10-8-15-6-4-3-5-7-15/h3-7,14,16-17H,8-13H2,1-2H3. The SMILES string of the molecule is CSC(C)CNC1CCN(CCc2ccccc2)C1. The second-order valence-electron chi connectivity index (χ2n) is 5.48. The first-order chi connectivity index (χ1) is 9.28. The summed E-state index contributed by atoms with van der Waals surface area (Å²) in [5, 5.41) is 4.42. The van der Waals surface area contributed by atoms with Gasteiger partial charge in [0.05, 0.1) is 0 Å². The Hall–Kier alpha value is -0.510. The molecule has 0 aliphatic carbocycles. The lowest BCUT2D eigenvalue weighted by atomic mass is 10.1. The fourth-order valence-electron chi connectivity index (χ4n) is 2.55. The van der Waals surface area contributed by atoms with E-state index in [0.717, 1.165) is 11.8 Å². The summed E-state index contributed by atoms with van der Waals surface area (Å²) in [5.41, 5.74) is 1.45. The van der Waals surface area contributed by atoms with E-state index in [9.17, 15) is 0 Å². The van der Waals surface area contributed by atoms with Crippen molar-refractivity contribution in [1.29, 1.82) is 0 Å². The summed E-state index contributed by atoms with van der Waals surface area (Å²) in [6, 6.07) is 11.5. The highest BCUT2D eigenvalue weighted by molar-refractivity contribution is 7.99. The van der Waals surface area contributed by atoms with E-state index in [4.69, 9.17) is 0 Å². The van der Waals surface area contributed by atoms with Crippen LogP contribution in [0.4, 0.5) is 0 Å². The van der Waals surface area contributed by atoms with Crippen molar-refractivity contribution in [3.8, 4) is 0 Å². The molecule has 1 aliphatic rings. The molecule has 0 saturated carbocycles. The van der Waals surface area contributed by atoms with E-state index in [-0.39, 0.29) is 0 Å². The second-order valence-corrected chi connectivity index (χ2v) is 6.75. The molecule has 1 saturated heterocycles. The first kappa shape index (κ1) is 14.9. The Morgan fingerprint density at radius 2 is 2.16 bits per heavy atom. The Labute approximate surface area is 122 Å². The van der Waals surface area contributed by atoms with Crippen LogP contribution < -0.4 is 5.32 Å². The fraction of sp³-hybridized carbons (Fsp3) is 0.625. The molecule has 2 unspecified atom stereocenters. The number of nitrogens with zero attached hydrogens (tertiary/aromatic N) is 1. The van der Waals surface area contributed by atoms with Crippen LogP contribution in [0, 0.1) is 0 Å². The van der Waals surface area contributed by atoms with Crippen molar-refractivity contribution in [2.45, 2.75) is 31.1 Å². The van der Waals surface area contributed by atoms with Gasteiger partial charge in [-0.15, -0.1) is 0 Å². The first-order valence-corrected chi connectivity index (χ1v) is 8.59. The predicted molar refractivity (Wildman–Crippen MR) is 86.0 cm³/mol. The first-order valence-electron chi connectivity index (χ1n) is 7.30. The van der Waals surface area contributed by atoms with Gasteiger partial charge in [-0.05, 0) is 31.2 Å². The molecule has 1 N–H and O–H groups in total. The smallest absolute Gasteiger partial charge is 0.0207 e. The third-order valence-corrected chi connectivity index (χ3v) is 4.90. The molecule has 1 aromatic carbocycles. The van der Waals surface area contributed by atoms with Gasteiger partial charge in [-0.1, -0.05) is 37.3 Å². The maximum atomic E-state index is 3.70. The minimum absolute atomic E-state index is 0.699. The van der Waals surface area contributed by atoms with E-state index in [1.807, 2.05) is 11.8 Å². The summed E-state index contributed by atoms with van der Waals surface area (Å²) in [5.74, 6) is 0. The van der Waals surface area contributed by atoms with Gasteiger partial charge >= 0.3 is 0 Å². The van der Waals surface area contributed by atoms with Crippen LogP contribution in [0.1, 0.15) is 18.9 Å². The van der Waals surface area contributed by atoms with E-state index >= 15 is 0 Å². The monoisotopic (exact) mass is 278 g/mol. The molecule has 3 heteroatoms. The lowest BCUT2D eigenvalue weighted by Crippen LogP contribution is -2.36. The van der Waals surface area contributed by atoms with Crippen molar-refractivity contribution >= 4 is 11.8 Å². The van der Waals surface area contributed by atoms with Crippen LogP contribution in [0.2, 0.25) is 0 Å². The predicted octanol–water partition coefficient (Wildman–Crippen LogP) is 2.64. The van der Waals surface area contributed by atoms with Gasteiger partial charge in [0.15, 0.2) is 0 Å². The number of benzene rings is 1. The van der Waals surface area contributed by atoms with Gasteiger partial charge in [-0.3, -0.25) is 0 Å². The Balaban J connectivity index is 1.65. The number of rotatable bonds is 7. The maximum Gasteiger partial charge on any atom is 0.0207 e. The minimum Gasteiger partial charge on any atom is -0.312 e. The van der Waals surface area contributed by atoms with Gasteiger partial charge in [0.1, 0.15) is 0 Å². The third kappa shape index (κ3) is 5.17. The summed E-state index contributed by atoms with van der Waals surface area (Å²) < 4.78 is 0. The Kier molecular flexibility index (Phi) is 6.21. The van der Waals surface area contributed by atoms with E-state index < -0.39 is 0 Å². The molecule has 0 amide bonds. The minimum atomic E-state index is 0.699. The molecule has 0 aromatic heterocycles. The Bertz CT molecular complexity index is 355. The van der Waals surface area contributed by atoms with Gasteiger partial charge in [0.2, 0.25) is 0 Å². The van der Waals surface area contributed by atoms with Crippen LogP contribution in [0.3, 0.4) is 0 Å². The van der Waals surface area contributed by atoms with Crippen molar-refractivity contribution in [1.82, 2.24) is 10.2 Å². The molecule has 19 heavy (non-hydrogen) atoms. The molecule has 0 radical (unpaired) electrons. The third-order valence-electron chi connectivity index (χ3n) is 3.93. The number of likely N-dealkylation sites (tertiary alicyclic amines) is 1. The van der Waals surface area contributed by atoms with Crippen LogP contribution in [-0.2, 0) is 6.42 Å². The van der Waals surface area contributed by atoms with Gasteiger partial charge in [0, 0.05) is 30.9 Å². The van der Waals surface area contributed by atoms with Crippen molar-refractivity contribution in [2.75, 3.05) is 32.4 Å². The summed E-state index contributed by atoms with van der Waals surface area (Å²) in [7, 11) is 0. The van der Waals surface area contributed by atoms with Crippen molar-refractivity contribution in [2.24, 2.45) is 0 Å². The highest BCUT2D eigenvalue weighted by Crippen LogP contribution is 2.12. The Morgan fingerprint density at radius 1 is 1.37 bits per heavy atom. The fourth-order valence-corrected chi connectivity index (χ4v) is 2.81. The van der Waals surface area contributed by atoms with Crippen molar-refractivity contribution in [3.05, 3.63) is 35.9 Å². The number of hydrogen-bond donors (Lipinski definition) is 1. The highest BCUT2D eigenvalue weighted by atomic mass is 32.2. The van der Waals surface area contributed by atoms with E-state index in [1.165, 1.54) is 38.0 Å². The van der Waals surface area contributed by atoms with Gasteiger partial charge < -0.3 is 10.2 Å². The zero-order valence-corrected chi connectivity index (χ0v) is 13.0. The summed E-state index contributed by atoms with van der Waals surface area (Å²) in [4.78, 5) is 2.59. The van der Waals surface area contributed by atoms with E-state index in [0.29, 0.717) is 6.04 Å². The molecular formula is C16H26N2S. The molecule has 2 rings (SSSR count). The van der Waals surface area contributed by atoms with Crippen LogP contribution in [0.5, 0.6) is 0 Å². The van der Waals surface area contributed by atoms with Crippen LogP contribution in [0.25, 0.3) is 0 Å². The lowest BCUT2D eigenvalue weighted by molar-refractivity contribution is 0.332. The zero-order valence-electron chi connectivity index (χ0n) is 12.1. The van der Waals surface area contributed by atoms with E-state index in [1.54, 1.807) is 0 Å². The summed E-state index contributed by atoms with van der Waals surface area (Å²) in [6.07, 6.45) is 4.66. The average Bonchev–Trinajstić information content (AvgIpc) is 2.91. The molecule has 2 atom stereocenters. The topological polar surface area (TPSA) is 15.3 Å². The molecule has 1 heterocycles. The number of nitrogens with one attached hydrogen (secondary N) is 1. The number of hydrogen-bond acceptors (Lipinski definition) is 3. The summed E-state index contributed by atoms with van der Waals surface area (Å²) >= 11 is 1.94. The van der Waals surface area contributed by atoms with E-state index in [2.05, 4.69) is 53.7 Å². The molecule has 0 bridgehead atoms. The van der Waals surface area contributed by atoms with Crippen LogP contribution in [-0.4, -0.2) is 48.6 Å². The lowest BCUT2D eigenvalue weighted by Gasteiger charge is -2.18. The second kappa shape index (κ2) is 7.93. The van der Waals surface area contributed by atoms with Crippen LogP contribution >= 0.6 is 11.8 Å². The molecule has 106 valence electrons. The molecule has 2 nitrogen and oxygen atoms in total. The maximum absolute atomic E-state index is 3.70. The van der Waals surface area contributed by atoms with Crippen molar-refractivity contribution < 1.29 is 0 Å². The largest absolute Gasteiger partial charge is 0.312 e. The van der Waals surface area contributed by atoms with Gasteiger partial charge in [0.25, 0.3) is 0 Å². The van der Waals surface area contributed by atoms with Gasteiger partial charge in [-0.2, -0.15) is 11.8 Å². The van der Waals surface area contributed by atoms with Crippen molar-refractivity contribution in [3.63, 3.8) is 0 Å². The average molecular weight is 278 g/mol. The molecule has 0 spiro atoms. The molecule has 1 aliphatic heterocycles. The summed E-state index contributed by atoms with van der Waals surface area (Å²) in [6.45, 7) is 7.09. The molecule has 1 aromatic rings. The highest BCUT2D eigenvalue weighted by Gasteiger charge is 2.21. The van der Waals surface area contributed by atoms with Gasteiger partial charge in [-0.25, -0.2) is 0 Å². The van der Waals surface area contributed by atoms with Crippen LogP contribution in [0.15, 0.2) is 30.3 Å². The zero-order chi connectivity index (χ0) is 13.5.